The number of nitrogens with zero attached hydrogens (tertiary/aromatic N) is 1. The van der Waals surface area contributed by atoms with Gasteiger partial charge >= 0.3 is 0 Å². The molecule has 0 saturated heterocycles. The Balaban J connectivity index is 1.81. The molecule has 6 heteroatoms. The van der Waals surface area contributed by atoms with Crippen LogP contribution in [0.15, 0.2) is 53.6 Å². The van der Waals surface area contributed by atoms with E-state index in [1.54, 1.807) is 36.4 Å². The quantitative estimate of drug-likeness (QED) is 0.623. The van der Waals surface area contributed by atoms with Gasteiger partial charge in [-0.3, -0.25) is 9.59 Å². The normalized spacial score (nSPS) is 11.4. The van der Waals surface area contributed by atoms with Gasteiger partial charge in [-0.25, -0.2) is 5.43 Å². The lowest BCUT2D eigenvalue weighted by Gasteiger charge is -2.19. The Morgan fingerprint density at radius 3 is 2.23 bits per heavy atom. The molecule has 0 saturated carbocycles. The van der Waals surface area contributed by atoms with Gasteiger partial charge in [-0.05, 0) is 40.8 Å². The molecule has 0 aromatic heterocycles. The van der Waals surface area contributed by atoms with Crippen LogP contribution in [-0.2, 0) is 10.2 Å². The van der Waals surface area contributed by atoms with E-state index in [0.29, 0.717) is 10.6 Å². The Labute approximate surface area is 158 Å². The minimum Gasteiger partial charge on any atom is -0.343 e. The fraction of sp³-hybridized carbons (Fsp3) is 0.250. The number of benzene rings is 2. The SMILES string of the molecule is CC(C)(C)c1ccc(C(=O)NCC(=O)N/N=C\c2ccc(Cl)cc2)cc1. The number of amides is 2. The zero-order chi connectivity index (χ0) is 19.2. The lowest BCUT2D eigenvalue weighted by atomic mass is 9.87. The van der Waals surface area contributed by atoms with E-state index in [2.05, 4.69) is 36.6 Å². The van der Waals surface area contributed by atoms with Crippen LogP contribution >= 0.6 is 11.6 Å². The summed E-state index contributed by atoms with van der Waals surface area (Å²) in [5.41, 5.74) is 4.84. The average Bonchev–Trinajstić information content (AvgIpc) is 2.61. The van der Waals surface area contributed by atoms with Gasteiger partial charge in [0.15, 0.2) is 0 Å². The van der Waals surface area contributed by atoms with Crippen LogP contribution in [0, 0.1) is 0 Å². The molecule has 0 aliphatic heterocycles. The summed E-state index contributed by atoms with van der Waals surface area (Å²) in [6.07, 6.45) is 1.50. The fourth-order valence-electron chi connectivity index (χ4n) is 2.15. The second kappa shape index (κ2) is 8.63. The second-order valence-corrected chi connectivity index (χ2v) is 7.29. The highest BCUT2D eigenvalue weighted by molar-refractivity contribution is 6.30. The van der Waals surface area contributed by atoms with E-state index in [-0.39, 0.29) is 17.9 Å². The lowest BCUT2D eigenvalue weighted by Crippen LogP contribution is -2.34. The van der Waals surface area contributed by atoms with E-state index in [4.69, 9.17) is 11.6 Å². The van der Waals surface area contributed by atoms with Crippen molar-refractivity contribution >= 4 is 29.6 Å². The molecule has 2 aromatic rings. The van der Waals surface area contributed by atoms with Gasteiger partial charge in [0, 0.05) is 10.6 Å². The number of hydrogen-bond acceptors (Lipinski definition) is 3. The molecule has 2 N–H and O–H groups in total. The van der Waals surface area contributed by atoms with Crippen molar-refractivity contribution in [2.45, 2.75) is 26.2 Å². The number of rotatable bonds is 5. The van der Waals surface area contributed by atoms with Gasteiger partial charge in [-0.15, -0.1) is 0 Å². The molecule has 2 amide bonds. The maximum absolute atomic E-state index is 12.1. The largest absolute Gasteiger partial charge is 0.343 e. The van der Waals surface area contributed by atoms with Crippen molar-refractivity contribution in [3.05, 3.63) is 70.2 Å². The van der Waals surface area contributed by atoms with Crippen molar-refractivity contribution in [3.63, 3.8) is 0 Å². The monoisotopic (exact) mass is 371 g/mol. The molecule has 5 nitrogen and oxygen atoms in total. The average molecular weight is 372 g/mol. The Hall–Kier alpha value is -2.66. The van der Waals surface area contributed by atoms with Gasteiger partial charge in [-0.2, -0.15) is 5.10 Å². The highest BCUT2D eigenvalue weighted by Gasteiger charge is 2.14. The molecule has 0 heterocycles. The van der Waals surface area contributed by atoms with Crippen LogP contribution in [0.4, 0.5) is 0 Å². The summed E-state index contributed by atoms with van der Waals surface area (Å²) in [7, 11) is 0. The topological polar surface area (TPSA) is 70.6 Å². The highest BCUT2D eigenvalue weighted by Crippen LogP contribution is 2.22. The minimum absolute atomic E-state index is 0.0248. The minimum atomic E-state index is -0.408. The lowest BCUT2D eigenvalue weighted by molar-refractivity contribution is -0.120. The predicted octanol–water partition coefficient (Wildman–Crippen LogP) is 3.52. The Kier molecular flexibility index (Phi) is 6.52. The van der Waals surface area contributed by atoms with Crippen molar-refractivity contribution in [1.82, 2.24) is 10.7 Å². The van der Waals surface area contributed by atoms with Crippen molar-refractivity contribution in [3.8, 4) is 0 Å². The number of hydrazone groups is 1. The van der Waals surface area contributed by atoms with Gasteiger partial charge < -0.3 is 5.32 Å². The van der Waals surface area contributed by atoms with E-state index in [1.165, 1.54) is 6.21 Å². The molecule has 0 aliphatic carbocycles. The molecule has 136 valence electrons. The smallest absolute Gasteiger partial charge is 0.259 e. The van der Waals surface area contributed by atoms with Crippen molar-refractivity contribution in [2.75, 3.05) is 6.54 Å². The summed E-state index contributed by atoms with van der Waals surface area (Å²) in [6, 6.07) is 14.4. The van der Waals surface area contributed by atoms with E-state index >= 15 is 0 Å². The Morgan fingerprint density at radius 2 is 1.65 bits per heavy atom. The van der Waals surface area contributed by atoms with E-state index in [1.807, 2.05) is 12.1 Å². The van der Waals surface area contributed by atoms with Crippen LogP contribution in [-0.4, -0.2) is 24.6 Å². The van der Waals surface area contributed by atoms with Crippen LogP contribution in [0.1, 0.15) is 42.3 Å². The third-order valence-electron chi connectivity index (χ3n) is 3.70. The fourth-order valence-corrected chi connectivity index (χ4v) is 2.28. The summed E-state index contributed by atoms with van der Waals surface area (Å²) in [5.74, 6) is -0.711. The van der Waals surface area contributed by atoms with E-state index in [9.17, 15) is 9.59 Å². The standard InChI is InChI=1S/C20H22ClN3O2/c1-20(2,3)16-8-6-15(7-9-16)19(26)22-13-18(25)24-23-12-14-4-10-17(21)11-5-14/h4-12H,13H2,1-3H3,(H,22,26)(H,24,25)/b23-12-. The first-order chi connectivity index (χ1) is 12.3. The summed E-state index contributed by atoms with van der Waals surface area (Å²) < 4.78 is 0. The zero-order valence-corrected chi connectivity index (χ0v) is 15.8. The first kappa shape index (κ1) is 19.7. The molecule has 26 heavy (non-hydrogen) atoms. The van der Waals surface area contributed by atoms with Crippen LogP contribution in [0.2, 0.25) is 5.02 Å². The molecule has 0 fully saturated rings. The van der Waals surface area contributed by atoms with Gasteiger partial charge in [-0.1, -0.05) is 56.6 Å². The van der Waals surface area contributed by atoms with E-state index < -0.39 is 5.91 Å². The van der Waals surface area contributed by atoms with Gasteiger partial charge in [0.1, 0.15) is 0 Å². The van der Waals surface area contributed by atoms with Crippen molar-refractivity contribution in [1.29, 1.82) is 0 Å². The van der Waals surface area contributed by atoms with Gasteiger partial charge in [0.05, 0.1) is 12.8 Å². The third-order valence-corrected chi connectivity index (χ3v) is 3.95. The number of carbonyl (C=O) groups excluding carboxylic acids is 2. The van der Waals surface area contributed by atoms with Crippen LogP contribution in [0.3, 0.4) is 0 Å². The maximum atomic E-state index is 12.1. The Bertz CT molecular complexity index is 791. The summed E-state index contributed by atoms with van der Waals surface area (Å²) in [4.78, 5) is 23.8. The molecule has 0 radical (unpaired) electrons. The van der Waals surface area contributed by atoms with Crippen LogP contribution in [0.25, 0.3) is 0 Å². The van der Waals surface area contributed by atoms with Gasteiger partial charge in [0.25, 0.3) is 11.8 Å². The maximum Gasteiger partial charge on any atom is 0.259 e. The van der Waals surface area contributed by atoms with Crippen LogP contribution < -0.4 is 10.7 Å². The van der Waals surface area contributed by atoms with Crippen LogP contribution in [0.5, 0.6) is 0 Å². The summed E-state index contributed by atoms with van der Waals surface area (Å²) in [5, 5.41) is 7.04. The van der Waals surface area contributed by atoms with Gasteiger partial charge in [0.2, 0.25) is 0 Å². The molecular weight excluding hydrogens is 350 g/mol. The van der Waals surface area contributed by atoms with E-state index in [0.717, 1.165) is 11.1 Å². The van der Waals surface area contributed by atoms with Crippen molar-refractivity contribution in [2.24, 2.45) is 5.10 Å². The molecule has 0 bridgehead atoms. The second-order valence-electron chi connectivity index (χ2n) is 6.85. The zero-order valence-electron chi connectivity index (χ0n) is 15.0. The number of nitrogens with one attached hydrogen (secondary N) is 2. The Morgan fingerprint density at radius 1 is 1.04 bits per heavy atom. The molecule has 0 atom stereocenters. The van der Waals surface area contributed by atoms with Crippen molar-refractivity contribution < 1.29 is 9.59 Å². The summed E-state index contributed by atoms with van der Waals surface area (Å²) in [6.45, 7) is 6.17. The number of halogens is 1. The molecule has 0 aliphatic rings. The molecule has 2 rings (SSSR count). The molecule has 2 aromatic carbocycles. The third kappa shape index (κ3) is 6.01. The molecular formula is C20H22ClN3O2. The molecule has 0 unspecified atom stereocenters. The highest BCUT2D eigenvalue weighted by atomic mass is 35.5. The number of hydrogen-bond donors (Lipinski definition) is 2. The molecule has 0 spiro atoms. The first-order valence-electron chi connectivity index (χ1n) is 8.22. The summed E-state index contributed by atoms with van der Waals surface area (Å²) >= 11 is 5.79. The first-order valence-corrected chi connectivity index (χ1v) is 8.60. The number of carbonyl (C=O) groups is 2. The predicted molar refractivity (Wildman–Crippen MR) is 105 cm³/mol.